The van der Waals surface area contributed by atoms with E-state index in [0.717, 1.165) is 32.7 Å². The van der Waals surface area contributed by atoms with Crippen molar-refractivity contribution in [1.82, 2.24) is 19.8 Å². The van der Waals surface area contributed by atoms with Crippen molar-refractivity contribution < 1.29 is 0 Å². The van der Waals surface area contributed by atoms with Crippen LogP contribution in [0.15, 0.2) is 12.4 Å². The van der Waals surface area contributed by atoms with Gasteiger partial charge >= 0.3 is 0 Å². The number of nitrogens with zero attached hydrogens (tertiary/aromatic N) is 3. The van der Waals surface area contributed by atoms with Gasteiger partial charge in [-0.2, -0.15) is 0 Å². The highest BCUT2D eigenvalue weighted by Crippen LogP contribution is 2.08. The van der Waals surface area contributed by atoms with E-state index in [1.807, 2.05) is 6.20 Å². The Bertz CT molecular complexity index is 307. The summed E-state index contributed by atoms with van der Waals surface area (Å²) in [6.45, 7) is 9.72. The normalized spacial score (nSPS) is 23.2. The van der Waals surface area contributed by atoms with E-state index in [4.69, 9.17) is 0 Å². The highest BCUT2D eigenvalue weighted by Gasteiger charge is 2.19. The van der Waals surface area contributed by atoms with E-state index in [1.165, 1.54) is 5.82 Å². The van der Waals surface area contributed by atoms with Gasteiger partial charge in [-0.25, -0.2) is 4.98 Å². The van der Waals surface area contributed by atoms with Crippen molar-refractivity contribution in [3.8, 4) is 0 Å². The molecule has 4 nitrogen and oxygen atoms in total. The first-order valence-electron chi connectivity index (χ1n) is 5.76. The van der Waals surface area contributed by atoms with Crippen LogP contribution in [-0.4, -0.2) is 40.1 Å². The van der Waals surface area contributed by atoms with Crippen molar-refractivity contribution in [2.24, 2.45) is 0 Å². The van der Waals surface area contributed by atoms with Crippen LogP contribution >= 0.6 is 0 Å². The molecule has 1 aromatic rings. The molecule has 1 aromatic heterocycles. The molecule has 0 aromatic carbocycles. The van der Waals surface area contributed by atoms with Gasteiger partial charge in [0.15, 0.2) is 0 Å². The fraction of sp³-hybridized carbons (Fsp3) is 0.727. The lowest BCUT2D eigenvalue weighted by Gasteiger charge is -2.33. The maximum atomic E-state index is 4.42. The van der Waals surface area contributed by atoms with Gasteiger partial charge in [0.25, 0.3) is 0 Å². The summed E-state index contributed by atoms with van der Waals surface area (Å²) in [5.74, 6) is 1.19. The van der Waals surface area contributed by atoms with Gasteiger partial charge in [-0.05, 0) is 13.8 Å². The molecule has 2 rings (SSSR count). The van der Waals surface area contributed by atoms with Crippen LogP contribution in [0.1, 0.15) is 19.7 Å². The van der Waals surface area contributed by atoms with E-state index in [-0.39, 0.29) is 0 Å². The maximum Gasteiger partial charge on any atom is 0.122 e. The predicted octanol–water partition coefficient (Wildman–Crippen LogP) is 0.697. The summed E-state index contributed by atoms with van der Waals surface area (Å²) in [4.78, 5) is 6.91. The molecule has 1 unspecified atom stereocenters. The number of hydrogen-bond acceptors (Lipinski definition) is 3. The molecule has 0 bridgehead atoms. The van der Waals surface area contributed by atoms with Crippen LogP contribution in [-0.2, 0) is 13.1 Å². The number of aromatic nitrogens is 2. The van der Waals surface area contributed by atoms with Crippen LogP contribution in [0.4, 0.5) is 0 Å². The molecule has 1 aliphatic heterocycles. The molecule has 1 atom stereocenters. The summed E-state index contributed by atoms with van der Waals surface area (Å²) in [7, 11) is 0. The minimum absolute atomic E-state index is 0.612. The number of imidazole rings is 1. The van der Waals surface area contributed by atoms with E-state index in [2.05, 4.69) is 39.8 Å². The lowest BCUT2D eigenvalue weighted by molar-refractivity contribution is 0.160. The molecule has 0 saturated carbocycles. The van der Waals surface area contributed by atoms with E-state index >= 15 is 0 Å². The molecule has 2 heterocycles. The molecular formula is C11H20N4. The summed E-state index contributed by atoms with van der Waals surface area (Å²) < 4.78 is 2.22. The second-order valence-electron chi connectivity index (χ2n) is 4.15. The zero-order valence-corrected chi connectivity index (χ0v) is 9.61. The van der Waals surface area contributed by atoms with Gasteiger partial charge in [-0.15, -0.1) is 0 Å². The Balaban J connectivity index is 2.01. The zero-order chi connectivity index (χ0) is 10.7. The summed E-state index contributed by atoms with van der Waals surface area (Å²) in [6.07, 6.45) is 3.95. The second kappa shape index (κ2) is 4.77. The summed E-state index contributed by atoms with van der Waals surface area (Å²) in [5, 5.41) is 3.40. The Labute approximate surface area is 91.3 Å². The first-order chi connectivity index (χ1) is 7.31. The first-order valence-corrected chi connectivity index (χ1v) is 5.76. The average molecular weight is 208 g/mol. The number of nitrogens with one attached hydrogen (secondary N) is 1. The largest absolute Gasteiger partial charge is 0.334 e. The first kappa shape index (κ1) is 10.6. The molecule has 0 radical (unpaired) electrons. The molecule has 0 spiro atoms. The average Bonchev–Trinajstić information content (AvgIpc) is 2.69. The summed E-state index contributed by atoms with van der Waals surface area (Å²) >= 11 is 0. The number of aryl methyl sites for hydroxylation is 1. The van der Waals surface area contributed by atoms with Crippen molar-refractivity contribution in [2.75, 3.05) is 19.6 Å². The molecule has 0 amide bonds. The van der Waals surface area contributed by atoms with Gasteiger partial charge < -0.3 is 9.88 Å². The Morgan fingerprint density at radius 2 is 2.47 bits per heavy atom. The molecule has 1 fully saturated rings. The van der Waals surface area contributed by atoms with Crippen molar-refractivity contribution in [3.05, 3.63) is 18.2 Å². The fourth-order valence-electron chi connectivity index (χ4n) is 2.08. The van der Waals surface area contributed by atoms with Crippen LogP contribution in [0.2, 0.25) is 0 Å². The Hall–Kier alpha value is -0.870. The Kier molecular flexibility index (Phi) is 3.38. The third-order valence-electron chi connectivity index (χ3n) is 3.13. The van der Waals surface area contributed by atoms with Gasteiger partial charge in [-0.1, -0.05) is 0 Å². The number of hydrogen-bond donors (Lipinski definition) is 1. The van der Waals surface area contributed by atoms with Crippen LogP contribution in [0.3, 0.4) is 0 Å². The molecule has 84 valence electrons. The van der Waals surface area contributed by atoms with Crippen LogP contribution < -0.4 is 5.32 Å². The van der Waals surface area contributed by atoms with E-state index < -0.39 is 0 Å². The quantitative estimate of drug-likeness (QED) is 0.793. The summed E-state index contributed by atoms with van der Waals surface area (Å²) in [5.41, 5.74) is 0. The van der Waals surface area contributed by atoms with Crippen molar-refractivity contribution in [1.29, 1.82) is 0 Å². The fourth-order valence-corrected chi connectivity index (χ4v) is 2.08. The molecule has 4 heteroatoms. The zero-order valence-electron chi connectivity index (χ0n) is 9.61. The van der Waals surface area contributed by atoms with Crippen LogP contribution in [0.25, 0.3) is 0 Å². The molecule has 15 heavy (non-hydrogen) atoms. The third kappa shape index (κ3) is 2.38. The maximum absolute atomic E-state index is 4.42. The van der Waals surface area contributed by atoms with E-state index in [1.54, 1.807) is 0 Å². The highest BCUT2D eigenvalue weighted by molar-refractivity contribution is 4.93. The SMILES string of the molecule is CCn1ccnc1CN1CCNCC1C. The van der Waals surface area contributed by atoms with E-state index in [0.29, 0.717) is 6.04 Å². The van der Waals surface area contributed by atoms with Gasteiger partial charge in [0.05, 0.1) is 6.54 Å². The predicted molar refractivity (Wildman–Crippen MR) is 60.6 cm³/mol. The second-order valence-corrected chi connectivity index (χ2v) is 4.15. The number of rotatable bonds is 3. The van der Waals surface area contributed by atoms with Crippen LogP contribution in [0, 0.1) is 0 Å². The van der Waals surface area contributed by atoms with Gasteiger partial charge in [0.2, 0.25) is 0 Å². The van der Waals surface area contributed by atoms with Crippen molar-refractivity contribution >= 4 is 0 Å². The number of piperazine rings is 1. The molecule has 1 aliphatic rings. The smallest absolute Gasteiger partial charge is 0.122 e. The third-order valence-corrected chi connectivity index (χ3v) is 3.13. The van der Waals surface area contributed by atoms with Crippen molar-refractivity contribution in [3.63, 3.8) is 0 Å². The Morgan fingerprint density at radius 3 is 3.20 bits per heavy atom. The molecule has 0 aliphatic carbocycles. The molecule has 1 saturated heterocycles. The van der Waals surface area contributed by atoms with Gasteiger partial charge in [-0.3, -0.25) is 4.90 Å². The van der Waals surface area contributed by atoms with Crippen LogP contribution in [0.5, 0.6) is 0 Å². The minimum Gasteiger partial charge on any atom is -0.334 e. The lowest BCUT2D eigenvalue weighted by Crippen LogP contribution is -2.49. The minimum atomic E-state index is 0.612. The van der Waals surface area contributed by atoms with Gasteiger partial charge in [0.1, 0.15) is 5.82 Å². The topological polar surface area (TPSA) is 33.1 Å². The molecule has 1 N–H and O–H groups in total. The summed E-state index contributed by atoms with van der Waals surface area (Å²) in [6, 6.07) is 0.612. The van der Waals surface area contributed by atoms with Gasteiger partial charge in [0, 0.05) is 44.6 Å². The monoisotopic (exact) mass is 208 g/mol. The highest BCUT2D eigenvalue weighted by atomic mass is 15.2. The van der Waals surface area contributed by atoms with E-state index in [9.17, 15) is 0 Å². The standard InChI is InChI=1S/C11H20N4/c1-3-14-7-5-13-11(14)9-15-6-4-12-8-10(15)2/h5,7,10,12H,3-4,6,8-9H2,1-2H3. The molecular weight excluding hydrogens is 188 g/mol. The van der Waals surface area contributed by atoms with Crippen molar-refractivity contribution in [2.45, 2.75) is 33.0 Å². The Morgan fingerprint density at radius 1 is 1.60 bits per heavy atom. The lowest BCUT2D eigenvalue weighted by atomic mass is 10.2.